The van der Waals surface area contributed by atoms with Gasteiger partial charge in [0.25, 0.3) is 0 Å². The molecule has 3 N–H and O–H groups in total. The van der Waals surface area contributed by atoms with E-state index in [0.29, 0.717) is 0 Å². The maximum Gasteiger partial charge on any atom is 0.336 e. The van der Waals surface area contributed by atoms with Crippen molar-refractivity contribution in [2.75, 3.05) is 0 Å². The maximum absolute atomic E-state index is 11.1. The van der Waals surface area contributed by atoms with Crippen LogP contribution in [0, 0.1) is 0 Å². The van der Waals surface area contributed by atoms with Gasteiger partial charge in [-0.15, -0.1) is 0 Å². The Hall–Kier alpha value is 0.840. The number of carboxylic acid groups (broad SMARTS) is 1. The minimum atomic E-state index is -1.34. The number of benzene rings is 1. The molecule has 3 nitrogen and oxygen atoms in total. The summed E-state index contributed by atoms with van der Waals surface area (Å²) in [6.07, 6.45) is 0. The summed E-state index contributed by atoms with van der Waals surface area (Å²) in [7, 11) is 0. The highest BCUT2D eigenvalue weighted by molar-refractivity contribution is 14.2. The highest BCUT2D eigenvalue weighted by Gasteiger charge is 2.50. The van der Waals surface area contributed by atoms with Crippen molar-refractivity contribution in [1.29, 1.82) is 0 Å². The van der Waals surface area contributed by atoms with Gasteiger partial charge in [0.15, 0.2) is 3.55 Å². The molecule has 0 aliphatic rings. The summed E-state index contributed by atoms with van der Waals surface area (Å²) >= 11 is 5.92. The second-order valence-corrected chi connectivity index (χ2v) is 9.96. The van der Waals surface area contributed by atoms with E-state index in [4.69, 9.17) is 10.8 Å². The summed E-state index contributed by atoms with van der Waals surface area (Å²) in [6.45, 7) is 0. The van der Waals surface area contributed by atoms with Gasteiger partial charge in [0.2, 0.25) is 0 Å². The zero-order valence-corrected chi connectivity index (χ0v) is 13.9. The Morgan fingerprint density at radius 3 is 2.07 bits per heavy atom. The van der Waals surface area contributed by atoms with E-state index in [1.165, 1.54) is 0 Å². The van der Waals surface area contributed by atoms with Crippen molar-refractivity contribution in [3.05, 3.63) is 35.9 Å². The van der Waals surface area contributed by atoms with E-state index in [1.54, 1.807) is 22.6 Å². The standard InChI is InChI=1S/C9H8I3NO2/c10-8(11,9(12,13)7(14)15)6-4-2-1-3-5-6/h1-5H,13H2,(H,14,15)/t9-/m1/s1. The van der Waals surface area contributed by atoms with Crippen molar-refractivity contribution >= 4 is 73.7 Å². The van der Waals surface area contributed by atoms with Crippen molar-refractivity contribution in [2.45, 2.75) is 4.97 Å². The first-order valence-corrected chi connectivity index (χ1v) is 7.18. The van der Waals surface area contributed by atoms with Crippen LogP contribution < -0.4 is 5.73 Å². The molecule has 82 valence electrons. The Balaban J connectivity index is 3.19. The molecule has 0 amide bonds. The molecule has 0 saturated carbocycles. The number of aliphatic carboxylic acids is 1. The van der Waals surface area contributed by atoms with Crippen molar-refractivity contribution < 1.29 is 9.90 Å². The lowest BCUT2D eigenvalue weighted by atomic mass is 10.1. The summed E-state index contributed by atoms with van der Waals surface area (Å²) in [5, 5.41) is 9.10. The van der Waals surface area contributed by atoms with Crippen molar-refractivity contribution in [3.63, 3.8) is 0 Å². The SMILES string of the molecule is N[C@](I)(C(=O)O)C(I)(I)c1ccccc1. The van der Waals surface area contributed by atoms with Crippen molar-refractivity contribution in [3.8, 4) is 0 Å². The van der Waals surface area contributed by atoms with Gasteiger partial charge in [0, 0.05) is 0 Å². The summed E-state index contributed by atoms with van der Waals surface area (Å²) in [5.74, 6) is -1.02. The summed E-state index contributed by atoms with van der Waals surface area (Å²) < 4.78 is -2.02. The minimum absolute atomic E-state index is 0.684. The molecule has 1 rings (SSSR count). The van der Waals surface area contributed by atoms with E-state index in [0.717, 1.165) is 5.56 Å². The molecule has 0 bridgehead atoms. The summed E-state index contributed by atoms with van der Waals surface area (Å²) in [4.78, 5) is 11.1. The number of nitrogens with two attached hydrogens (primary N) is 1. The molecule has 0 heterocycles. The molecule has 0 aliphatic heterocycles. The topological polar surface area (TPSA) is 63.3 Å². The molecule has 6 heteroatoms. The van der Waals surface area contributed by atoms with Gasteiger partial charge >= 0.3 is 5.97 Å². The second-order valence-electron chi connectivity index (χ2n) is 2.96. The molecular weight excluding hydrogens is 535 g/mol. The molecule has 1 aromatic rings. The van der Waals surface area contributed by atoms with Gasteiger partial charge in [-0.1, -0.05) is 75.5 Å². The van der Waals surface area contributed by atoms with E-state index in [-0.39, 0.29) is 0 Å². The molecule has 0 aliphatic carbocycles. The van der Waals surface area contributed by atoms with Crippen LogP contribution in [0.1, 0.15) is 5.56 Å². The zero-order chi connectivity index (χ0) is 11.7. The lowest BCUT2D eigenvalue weighted by Gasteiger charge is -2.32. The van der Waals surface area contributed by atoms with Crippen LogP contribution in [0.15, 0.2) is 30.3 Å². The first kappa shape index (κ1) is 13.9. The lowest BCUT2D eigenvalue weighted by molar-refractivity contribution is -0.139. The van der Waals surface area contributed by atoms with Crippen LogP contribution in [0.25, 0.3) is 0 Å². The van der Waals surface area contributed by atoms with Crippen LogP contribution in [-0.4, -0.2) is 14.6 Å². The number of hydrogen-bond donors (Lipinski definition) is 2. The number of alkyl halides is 3. The third-order valence-electron chi connectivity index (χ3n) is 1.90. The first-order chi connectivity index (χ1) is 6.80. The van der Waals surface area contributed by atoms with Gasteiger partial charge in [-0.25, -0.2) is 4.79 Å². The number of rotatable bonds is 3. The maximum atomic E-state index is 11.1. The Morgan fingerprint density at radius 2 is 1.67 bits per heavy atom. The fourth-order valence-corrected chi connectivity index (χ4v) is 2.48. The first-order valence-electron chi connectivity index (χ1n) is 3.94. The molecule has 0 radical (unpaired) electrons. The second kappa shape index (κ2) is 5.00. The Bertz CT molecular complexity index is 365. The van der Waals surface area contributed by atoms with Gasteiger partial charge in [-0.05, 0) is 28.2 Å². The van der Waals surface area contributed by atoms with Gasteiger partial charge < -0.3 is 10.8 Å². The van der Waals surface area contributed by atoms with Crippen LogP contribution in [-0.2, 0) is 6.22 Å². The highest BCUT2D eigenvalue weighted by atomic mass is 127. The van der Waals surface area contributed by atoms with Gasteiger partial charge in [0.05, 0.1) is 0 Å². The highest BCUT2D eigenvalue weighted by Crippen LogP contribution is 2.50. The zero-order valence-electron chi connectivity index (χ0n) is 7.45. The van der Waals surface area contributed by atoms with Crippen LogP contribution in [0.4, 0.5) is 0 Å². The average molecular weight is 543 g/mol. The quantitative estimate of drug-likeness (QED) is 0.351. The normalized spacial score (nSPS) is 15.7. The Kier molecular flexibility index (Phi) is 4.64. The van der Waals surface area contributed by atoms with Crippen molar-refractivity contribution in [2.24, 2.45) is 5.73 Å². The molecule has 1 atom stereocenters. The molecular formula is C9H8I3NO2. The molecule has 0 unspecified atom stereocenters. The third-order valence-corrected chi connectivity index (χ3v) is 8.19. The molecule has 0 aromatic heterocycles. The summed E-state index contributed by atoms with van der Waals surface area (Å²) in [6, 6.07) is 9.38. The van der Waals surface area contributed by atoms with E-state index in [1.807, 2.05) is 30.3 Å². The predicted molar refractivity (Wildman–Crippen MR) is 84.7 cm³/mol. The van der Waals surface area contributed by atoms with Crippen LogP contribution in [0.5, 0.6) is 0 Å². The molecule has 0 saturated heterocycles. The number of hydrogen-bond acceptors (Lipinski definition) is 2. The predicted octanol–water partition coefficient (Wildman–Crippen LogP) is 2.88. The average Bonchev–Trinajstić information content (AvgIpc) is 2.18. The monoisotopic (exact) mass is 543 g/mol. The minimum Gasteiger partial charge on any atom is -0.479 e. The molecule has 0 spiro atoms. The number of carboxylic acids is 1. The van der Waals surface area contributed by atoms with Gasteiger partial charge in [-0.3, -0.25) is 0 Å². The fraction of sp³-hybridized carbons (Fsp3) is 0.222. The number of carbonyl (C=O) groups is 1. The van der Waals surface area contributed by atoms with E-state index >= 15 is 0 Å². The van der Waals surface area contributed by atoms with Crippen LogP contribution in [0.3, 0.4) is 0 Å². The molecule has 0 fully saturated rings. The Labute approximate surface area is 129 Å². The molecule has 1 aromatic carbocycles. The van der Waals surface area contributed by atoms with Crippen molar-refractivity contribution in [1.82, 2.24) is 0 Å². The van der Waals surface area contributed by atoms with E-state index < -0.39 is 10.9 Å². The third kappa shape index (κ3) is 2.75. The number of halogens is 3. The Morgan fingerprint density at radius 1 is 1.20 bits per heavy atom. The summed E-state index contributed by atoms with van der Waals surface area (Å²) in [5.41, 5.74) is 6.74. The molecule has 15 heavy (non-hydrogen) atoms. The smallest absolute Gasteiger partial charge is 0.336 e. The van der Waals surface area contributed by atoms with Gasteiger partial charge in [-0.2, -0.15) is 0 Å². The van der Waals surface area contributed by atoms with Crippen LogP contribution in [0.2, 0.25) is 0 Å². The van der Waals surface area contributed by atoms with Crippen LogP contribution >= 0.6 is 67.8 Å². The van der Waals surface area contributed by atoms with E-state index in [9.17, 15) is 4.79 Å². The van der Waals surface area contributed by atoms with Gasteiger partial charge in [0.1, 0.15) is 1.43 Å². The lowest BCUT2D eigenvalue weighted by Crippen LogP contribution is -2.52. The largest absolute Gasteiger partial charge is 0.479 e. The fourth-order valence-electron chi connectivity index (χ4n) is 0.992. The van der Waals surface area contributed by atoms with E-state index in [2.05, 4.69) is 45.2 Å².